The molecule has 2 amide bonds. The van der Waals surface area contributed by atoms with Crippen molar-refractivity contribution in [1.82, 2.24) is 30.0 Å². The molecule has 2 aliphatic heterocycles. The summed E-state index contributed by atoms with van der Waals surface area (Å²) in [7, 11) is 0. The van der Waals surface area contributed by atoms with Crippen molar-refractivity contribution in [3.63, 3.8) is 0 Å². The predicted octanol–water partition coefficient (Wildman–Crippen LogP) is 1.34. The summed E-state index contributed by atoms with van der Waals surface area (Å²) >= 11 is 0. The van der Waals surface area contributed by atoms with Crippen LogP contribution >= 0.6 is 0 Å². The number of aryl methyl sites for hydroxylation is 1. The van der Waals surface area contributed by atoms with Gasteiger partial charge in [0, 0.05) is 44.4 Å². The highest BCUT2D eigenvalue weighted by atomic mass is 16.2. The molecule has 2 fully saturated rings. The van der Waals surface area contributed by atoms with Gasteiger partial charge < -0.3 is 9.80 Å². The topological polar surface area (TPSA) is 84.2 Å². The van der Waals surface area contributed by atoms with E-state index in [1.807, 2.05) is 9.80 Å². The van der Waals surface area contributed by atoms with Gasteiger partial charge in [0.2, 0.25) is 11.8 Å². The molecule has 1 atom stereocenters. The molecular weight excluding hydrogens is 332 g/mol. The van der Waals surface area contributed by atoms with Crippen LogP contribution in [0.4, 0.5) is 0 Å². The van der Waals surface area contributed by atoms with Gasteiger partial charge in [-0.15, -0.1) is 5.10 Å². The van der Waals surface area contributed by atoms with Crippen LogP contribution in [0, 0.1) is 11.3 Å². The van der Waals surface area contributed by atoms with E-state index < -0.39 is 0 Å². The second-order valence-electron chi connectivity index (χ2n) is 8.24. The zero-order chi connectivity index (χ0) is 18.6. The molecule has 0 aromatic carbocycles. The van der Waals surface area contributed by atoms with E-state index >= 15 is 0 Å². The van der Waals surface area contributed by atoms with Crippen molar-refractivity contribution >= 4 is 11.8 Å². The average Bonchev–Trinajstić information content (AvgIpc) is 3.14. The zero-order valence-electron chi connectivity index (χ0n) is 15.9. The van der Waals surface area contributed by atoms with Crippen molar-refractivity contribution in [3.05, 3.63) is 6.33 Å². The lowest BCUT2D eigenvalue weighted by Crippen LogP contribution is -2.55. The number of amides is 2. The molecule has 2 saturated heterocycles. The van der Waals surface area contributed by atoms with E-state index in [1.54, 1.807) is 4.68 Å². The number of carbonyl (C=O) groups is 2. The SMILES string of the molecule is CC(C)CCN1C[C@@]2(CCCN(C(=O)CCn3cnnn3)C2)CCC1=O. The summed E-state index contributed by atoms with van der Waals surface area (Å²) in [4.78, 5) is 29.0. The third-order valence-corrected chi connectivity index (χ3v) is 5.68. The van der Waals surface area contributed by atoms with E-state index in [-0.39, 0.29) is 17.2 Å². The summed E-state index contributed by atoms with van der Waals surface area (Å²) in [6.45, 7) is 8.11. The Bertz CT molecular complexity index is 617. The minimum Gasteiger partial charge on any atom is -0.342 e. The van der Waals surface area contributed by atoms with Crippen LogP contribution in [0.15, 0.2) is 6.33 Å². The van der Waals surface area contributed by atoms with Crippen molar-refractivity contribution in [2.24, 2.45) is 11.3 Å². The second kappa shape index (κ2) is 8.14. The summed E-state index contributed by atoms with van der Waals surface area (Å²) < 4.78 is 1.59. The van der Waals surface area contributed by atoms with Crippen LogP contribution < -0.4 is 0 Å². The van der Waals surface area contributed by atoms with Gasteiger partial charge in [-0.25, -0.2) is 4.68 Å². The summed E-state index contributed by atoms with van der Waals surface area (Å²) in [5.74, 6) is 1.03. The molecule has 0 aliphatic carbocycles. The monoisotopic (exact) mass is 362 g/mol. The van der Waals surface area contributed by atoms with Gasteiger partial charge in [-0.05, 0) is 42.0 Å². The molecule has 3 rings (SSSR count). The molecule has 8 heteroatoms. The molecule has 3 heterocycles. The van der Waals surface area contributed by atoms with Crippen LogP contribution in [-0.2, 0) is 16.1 Å². The summed E-state index contributed by atoms with van der Waals surface area (Å²) in [6, 6.07) is 0. The maximum absolute atomic E-state index is 12.6. The third-order valence-electron chi connectivity index (χ3n) is 5.68. The van der Waals surface area contributed by atoms with Crippen LogP contribution in [-0.4, -0.2) is 68.0 Å². The van der Waals surface area contributed by atoms with E-state index in [4.69, 9.17) is 0 Å². The number of tetrazole rings is 1. The van der Waals surface area contributed by atoms with Crippen LogP contribution in [0.2, 0.25) is 0 Å². The molecule has 0 unspecified atom stereocenters. The first-order chi connectivity index (χ1) is 12.5. The average molecular weight is 362 g/mol. The molecule has 8 nitrogen and oxygen atoms in total. The maximum Gasteiger partial charge on any atom is 0.224 e. The van der Waals surface area contributed by atoms with Gasteiger partial charge >= 0.3 is 0 Å². The van der Waals surface area contributed by atoms with Gasteiger partial charge in [-0.1, -0.05) is 13.8 Å². The fourth-order valence-corrected chi connectivity index (χ4v) is 4.13. The Labute approximate surface area is 154 Å². The van der Waals surface area contributed by atoms with E-state index in [0.29, 0.717) is 25.3 Å². The molecule has 26 heavy (non-hydrogen) atoms. The van der Waals surface area contributed by atoms with Crippen molar-refractivity contribution < 1.29 is 9.59 Å². The van der Waals surface area contributed by atoms with Gasteiger partial charge in [0.15, 0.2) is 0 Å². The predicted molar refractivity (Wildman–Crippen MR) is 96.0 cm³/mol. The molecule has 0 N–H and O–H groups in total. The Morgan fingerprint density at radius 1 is 1.27 bits per heavy atom. The van der Waals surface area contributed by atoms with Crippen LogP contribution in [0.1, 0.15) is 52.4 Å². The Kier molecular flexibility index (Phi) is 5.88. The Hall–Kier alpha value is -1.99. The first-order valence-electron chi connectivity index (χ1n) is 9.74. The van der Waals surface area contributed by atoms with Gasteiger partial charge in [0.1, 0.15) is 6.33 Å². The van der Waals surface area contributed by atoms with Crippen molar-refractivity contribution in [1.29, 1.82) is 0 Å². The quantitative estimate of drug-likeness (QED) is 0.762. The molecule has 0 radical (unpaired) electrons. The molecule has 1 aromatic rings. The molecule has 0 bridgehead atoms. The summed E-state index contributed by atoms with van der Waals surface area (Å²) in [5, 5.41) is 11.0. The molecule has 1 aromatic heterocycles. The van der Waals surface area contributed by atoms with Crippen molar-refractivity contribution in [2.75, 3.05) is 26.2 Å². The number of aromatic nitrogens is 4. The summed E-state index contributed by atoms with van der Waals surface area (Å²) in [6.07, 6.45) is 6.63. The van der Waals surface area contributed by atoms with E-state index in [0.717, 1.165) is 51.9 Å². The van der Waals surface area contributed by atoms with Gasteiger partial charge in [-0.2, -0.15) is 0 Å². The Balaban J connectivity index is 1.57. The second-order valence-corrected chi connectivity index (χ2v) is 8.24. The van der Waals surface area contributed by atoms with Gasteiger partial charge in [0.05, 0.1) is 6.54 Å². The number of likely N-dealkylation sites (tertiary alicyclic amines) is 2. The number of piperidine rings is 2. The lowest BCUT2D eigenvalue weighted by Gasteiger charge is -2.48. The van der Waals surface area contributed by atoms with E-state index in [9.17, 15) is 9.59 Å². The minimum absolute atomic E-state index is 0.0770. The van der Waals surface area contributed by atoms with Gasteiger partial charge in [0.25, 0.3) is 0 Å². The Morgan fingerprint density at radius 2 is 2.12 bits per heavy atom. The molecule has 144 valence electrons. The minimum atomic E-state index is 0.0770. The van der Waals surface area contributed by atoms with Crippen LogP contribution in [0.5, 0.6) is 0 Å². The molecular formula is C18H30N6O2. The number of hydrogen-bond acceptors (Lipinski definition) is 5. The van der Waals surface area contributed by atoms with Crippen molar-refractivity contribution in [3.8, 4) is 0 Å². The van der Waals surface area contributed by atoms with Crippen LogP contribution in [0.3, 0.4) is 0 Å². The van der Waals surface area contributed by atoms with Crippen LogP contribution in [0.25, 0.3) is 0 Å². The smallest absolute Gasteiger partial charge is 0.224 e. The standard InChI is InChI=1S/C18H30N6O2/c1-15(2)5-10-23-13-18(8-4-16(23)25)7-3-9-22(12-18)17(26)6-11-24-14-19-20-21-24/h14-15H,3-13H2,1-2H3/t18-/m0/s1. The number of carbonyl (C=O) groups excluding carboxylic acids is 2. The van der Waals surface area contributed by atoms with E-state index in [2.05, 4.69) is 29.4 Å². The highest BCUT2D eigenvalue weighted by Crippen LogP contribution is 2.39. The normalized spacial score (nSPS) is 23.9. The third kappa shape index (κ3) is 4.59. The van der Waals surface area contributed by atoms with E-state index in [1.165, 1.54) is 6.33 Å². The first kappa shape index (κ1) is 18.8. The highest BCUT2D eigenvalue weighted by Gasteiger charge is 2.42. The lowest BCUT2D eigenvalue weighted by atomic mass is 9.73. The molecule has 2 aliphatic rings. The Morgan fingerprint density at radius 3 is 2.85 bits per heavy atom. The van der Waals surface area contributed by atoms with Crippen molar-refractivity contribution in [2.45, 2.75) is 58.9 Å². The molecule has 1 spiro atoms. The number of rotatable bonds is 6. The maximum atomic E-state index is 12.6. The molecule has 0 saturated carbocycles. The summed E-state index contributed by atoms with van der Waals surface area (Å²) in [5.41, 5.74) is 0.0770. The highest BCUT2D eigenvalue weighted by molar-refractivity contribution is 5.78. The zero-order valence-corrected chi connectivity index (χ0v) is 15.9. The number of nitrogens with zero attached hydrogens (tertiary/aromatic N) is 6. The largest absolute Gasteiger partial charge is 0.342 e. The fourth-order valence-electron chi connectivity index (χ4n) is 4.13. The number of hydrogen-bond donors (Lipinski definition) is 0. The lowest BCUT2D eigenvalue weighted by molar-refractivity contribution is -0.143. The first-order valence-corrected chi connectivity index (χ1v) is 9.74. The van der Waals surface area contributed by atoms with Gasteiger partial charge in [-0.3, -0.25) is 9.59 Å². The fraction of sp³-hybridized carbons (Fsp3) is 0.833.